The summed E-state index contributed by atoms with van der Waals surface area (Å²) in [4.78, 5) is 27.7. The number of para-hydroxylation sites is 1. The first-order valence-electron chi connectivity index (χ1n) is 8.55. The van der Waals surface area contributed by atoms with E-state index in [1.165, 1.54) is 6.21 Å². The Balaban J connectivity index is 1.90. The maximum Gasteiger partial charge on any atom is 0.349 e. The molecule has 0 aliphatic heterocycles. The van der Waals surface area contributed by atoms with E-state index in [4.69, 9.17) is 11.2 Å². The first-order valence-corrected chi connectivity index (χ1v) is 8.55. The summed E-state index contributed by atoms with van der Waals surface area (Å²) in [7, 11) is 0. The zero-order chi connectivity index (χ0) is 19.5. The lowest BCUT2D eigenvalue weighted by molar-refractivity contribution is 0.370. The van der Waals surface area contributed by atoms with E-state index < -0.39 is 11.2 Å². The zero-order valence-corrected chi connectivity index (χ0v) is 14.8. The number of nitrogens with zero attached hydrogens (tertiary/aromatic N) is 2. The average molecular weight is 369 g/mol. The van der Waals surface area contributed by atoms with Crippen LogP contribution < -0.4 is 16.0 Å². The van der Waals surface area contributed by atoms with Crippen molar-refractivity contribution in [3.05, 3.63) is 87.1 Å². The predicted octanol–water partition coefficient (Wildman–Crippen LogP) is 2.74. The summed E-state index contributed by atoms with van der Waals surface area (Å²) >= 11 is 0. The van der Waals surface area contributed by atoms with Crippen LogP contribution in [0, 0.1) is 12.3 Å². The molecule has 0 unspecified atom stereocenters. The molecule has 0 saturated carbocycles. The molecular formula is C22H15N3O3. The van der Waals surface area contributed by atoms with Crippen LogP contribution in [0.5, 0.6) is 5.75 Å². The van der Waals surface area contributed by atoms with Gasteiger partial charge in [0, 0.05) is 5.56 Å². The van der Waals surface area contributed by atoms with Gasteiger partial charge in [0.2, 0.25) is 0 Å². The topological polar surface area (TPSA) is 76.5 Å². The molecule has 6 nitrogen and oxygen atoms in total. The van der Waals surface area contributed by atoms with Crippen LogP contribution in [0.1, 0.15) is 5.56 Å². The summed E-state index contributed by atoms with van der Waals surface area (Å²) in [6, 6.07) is 18.1. The molecule has 0 bridgehead atoms. The van der Waals surface area contributed by atoms with Crippen LogP contribution >= 0.6 is 0 Å². The monoisotopic (exact) mass is 369 g/mol. The summed E-state index contributed by atoms with van der Waals surface area (Å²) < 4.78 is 6.41. The van der Waals surface area contributed by atoms with Crippen LogP contribution in [0.3, 0.4) is 0 Å². The largest absolute Gasteiger partial charge is 0.480 e. The highest BCUT2D eigenvalue weighted by Gasteiger charge is 2.09. The fraction of sp³-hybridized carbons (Fsp3) is 0.0455. The smallest absolute Gasteiger partial charge is 0.349 e. The molecule has 3 aromatic carbocycles. The summed E-state index contributed by atoms with van der Waals surface area (Å²) in [6.45, 7) is 0.0929. The van der Waals surface area contributed by atoms with E-state index >= 15 is 0 Å². The van der Waals surface area contributed by atoms with Crippen molar-refractivity contribution >= 4 is 27.9 Å². The van der Waals surface area contributed by atoms with Crippen molar-refractivity contribution in [2.45, 2.75) is 0 Å². The van der Waals surface area contributed by atoms with Crippen LogP contribution in [0.15, 0.2) is 75.4 Å². The van der Waals surface area contributed by atoms with Crippen LogP contribution in [-0.2, 0) is 0 Å². The average Bonchev–Trinajstić information content (AvgIpc) is 2.72. The highest BCUT2D eigenvalue weighted by molar-refractivity contribution is 6.02. The number of H-pyrrole nitrogens is 1. The lowest BCUT2D eigenvalue weighted by Crippen LogP contribution is -2.32. The van der Waals surface area contributed by atoms with Gasteiger partial charge in [-0.15, -0.1) is 11.1 Å². The minimum absolute atomic E-state index is 0.0929. The molecule has 0 amide bonds. The Morgan fingerprint density at radius 3 is 2.61 bits per heavy atom. The number of nitrogens with one attached hydrogen (secondary N) is 1. The van der Waals surface area contributed by atoms with Gasteiger partial charge < -0.3 is 9.72 Å². The van der Waals surface area contributed by atoms with Gasteiger partial charge in [-0.05, 0) is 29.0 Å². The molecule has 0 aliphatic carbocycles. The highest BCUT2D eigenvalue weighted by atomic mass is 16.5. The highest BCUT2D eigenvalue weighted by Crippen LogP contribution is 2.26. The standard InChI is InChI=1S/C22H15N3O3/c1-2-13-28-20-12-11-15-7-3-4-8-16(15)18(20)14-23-25-21(26)17-9-5-6-10-19(17)24-22(25)27/h1,3-12,14H,13H2,(H,24,27). The van der Waals surface area contributed by atoms with Gasteiger partial charge in [-0.1, -0.05) is 48.4 Å². The molecule has 6 heteroatoms. The molecule has 0 radical (unpaired) electrons. The van der Waals surface area contributed by atoms with Gasteiger partial charge in [0.05, 0.1) is 17.1 Å². The van der Waals surface area contributed by atoms with Crippen molar-refractivity contribution in [2.75, 3.05) is 6.61 Å². The Hall–Kier alpha value is -4.11. The fourth-order valence-electron chi connectivity index (χ4n) is 3.03. The van der Waals surface area contributed by atoms with E-state index in [-0.39, 0.29) is 6.61 Å². The number of hydrogen-bond donors (Lipinski definition) is 1. The number of terminal acetylenes is 1. The van der Waals surface area contributed by atoms with Crippen molar-refractivity contribution in [1.29, 1.82) is 0 Å². The Bertz CT molecular complexity index is 1370. The number of benzene rings is 3. The summed E-state index contributed by atoms with van der Waals surface area (Å²) in [5.41, 5.74) is -0.0202. The minimum atomic E-state index is -0.619. The Labute approximate surface area is 159 Å². The van der Waals surface area contributed by atoms with Gasteiger partial charge >= 0.3 is 5.69 Å². The fourth-order valence-corrected chi connectivity index (χ4v) is 3.03. The van der Waals surface area contributed by atoms with E-state index in [1.54, 1.807) is 30.3 Å². The van der Waals surface area contributed by atoms with E-state index in [9.17, 15) is 9.59 Å². The van der Waals surface area contributed by atoms with E-state index in [0.717, 1.165) is 15.4 Å². The quantitative estimate of drug-likeness (QED) is 0.444. The van der Waals surface area contributed by atoms with Gasteiger partial charge in [-0.25, -0.2) is 4.79 Å². The SMILES string of the molecule is C#CCOc1ccc2ccccc2c1C=Nn1c(=O)[nH]c2ccccc2c1=O. The number of rotatable bonds is 4. The molecule has 0 aliphatic rings. The molecule has 0 fully saturated rings. The van der Waals surface area contributed by atoms with E-state index in [1.807, 2.05) is 30.3 Å². The lowest BCUT2D eigenvalue weighted by atomic mass is 10.0. The number of aromatic amines is 1. The molecule has 136 valence electrons. The second-order valence-electron chi connectivity index (χ2n) is 6.03. The van der Waals surface area contributed by atoms with Gasteiger partial charge in [-0.2, -0.15) is 5.10 Å². The molecule has 1 aromatic heterocycles. The maximum atomic E-state index is 12.7. The minimum Gasteiger partial charge on any atom is -0.480 e. The summed E-state index contributed by atoms with van der Waals surface area (Å²) in [5, 5.41) is 6.36. The predicted molar refractivity (Wildman–Crippen MR) is 110 cm³/mol. The third kappa shape index (κ3) is 3.06. The molecule has 0 atom stereocenters. The van der Waals surface area contributed by atoms with Gasteiger partial charge in [0.1, 0.15) is 12.4 Å². The summed E-state index contributed by atoms with van der Waals surface area (Å²) in [5.74, 6) is 2.95. The third-order valence-electron chi connectivity index (χ3n) is 4.33. The first-order chi connectivity index (χ1) is 13.7. The van der Waals surface area contributed by atoms with Crippen molar-refractivity contribution in [3.8, 4) is 18.1 Å². The van der Waals surface area contributed by atoms with Crippen LogP contribution in [0.25, 0.3) is 21.7 Å². The molecule has 4 aromatic rings. The Kier molecular flexibility index (Phi) is 4.48. The van der Waals surface area contributed by atoms with Gasteiger partial charge in [0.15, 0.2) is 0 Å². The molecule has 0 spiro atoms. The van der Waals surface area contributed by atoms with Crippen molar-refractivity contribution in [1.82, 2.24) is 9.66 Å². The van der Waals surface area contributed by atoms with Crippen LogP contribution in [-0.4, -0.2) is 22.5 Å². The van der Waals surface area contributed by atoms with E-state index in [0.29, 0.717) is 22.2 Å². The lowest BCUT2D eigenvalue weighted by Gasteiger charge is -2.10. The first kappa shape index (κ1) is 17.3. The third-order valence-corrected chi connectivity index (χ3v) is 4.33. The number of aromatic nitrogens is 2. The molecule has 1 N–H and O–H groups in total. The van der Waals surface area contributed by atoms with Gasteiger partial charge in [0.25, 0.3) is 5.56 Å². The molecule has 4 rings (SSSR count). The maximum absolute atomic E-state index is 12.7. The molecule has 1 heterocycles. The number of hydrogen-bond acceptors (Lipinski definition) is 4. The Morgan fingerprint density at radius 2 is 1.79 bits per heavy atom. The normalized spacial score (nSPS) is 11.1. The summed E-state index contributed by atoms with van der Waals surface area (Å²) in [6.07, 6.45) is 6.74. The van der Waals surface area contributed by atoms with E-state index in [2.05, 4.69) is 16.0 Å². The van der Waals surface area contributed by atoms with Gasteiger partial charge in [-0.3, -0.25) is 4.79 Å². The second-order valence-corrected chi connectivity index (χ2v) is 6.03. The molecular weight excluding hydrogens is 354 g/mol. The van der Waals surface area contributed by atoms with Crippen molar-refractivity contribution in [3.63, 3.8) is 0 Å². The van der Waals surface area contributed by atoms with Crippen LogP contribution in [0.4, 0.5) is 0 Å². The van der Waals surface area contributed by atoms with Crippen molar-refractivity contribution < 1.29 is 4.74 Å². The zero-order valence-electron chi connectivity index (χ0n) is 14.8. The number of ether oxygens (including phenoxy) is 1. The number of fused-ring (bicyclic) bond motifs is 2. The molecule has 28 heavy (non-hydrogen) atoms. The Morgan fingerprint density at radius 1 is 1.04 bits per heavy atom. The second kappa shape index (κ2) is 7.25. The van der Waals surface area contributed by atoms with Crippen LogP contribution in [0.2, 0.25) is 0 Å². The molecule has 0 saturated heterocycles. The van der Waals surface area contributed by atoms with Crippen molar-refractivity contribution in [2.24, 2.45) is 5.10 Å².